The standard InChI is InChI=1S/C39H74N2O2/c1-4-7-9-11-13-15-17-19-21-23-25-27-29-31-33-35-38(42)41-37(6-3)36(39(40)43)34-32-30-28-26-24-22-20-18-16-14-12-10-8-5-2/h19-22,36-37H,4-18,23-35H2,1-3H3,(H2,40,43)(H,41,42). The molecule has 0 rings (SSSR count). The number of hydrogen-bond donors (Lipinski definition) is 2. The molecule has 0 aromatic carbocycles. The minimum atomic E-state index is -0.272. The lowest BCUT2D eigenvalue weighted by molar-refractivity contribution is -0.125. The van der Waals surface area contributed by atoms with Crippen molar-refractivity contribution in [3.8, 4) is 0 Å². The Balaban J connectivity index is 3.87. The van der Waals surface area contributed by atoms with Gasteiger partial charge in [-0.1, -0.05) is 148 Å². The molecule has 0 bridgehead atoms. The van der Waals surface area contributed by atoms with E-state index < -0.39 is 0 Å². The van der Waals surface area contributed by atoms with Crippen molar-refractivity contribution in [2.24, 2.45) is 11.7 Å². The molecule has 0 aliphatic rings. The molecule has 3 N–H and O–H groups in total. The summed E-state index contributed by atoms with van der Waals surface area (Å²) in [6.07, 6.45) is 42.8. The Morgan fingerprint density at radius 1 is 0.535 bits per heavy atom. The van der Waals surface area contributed by atoms with Crippen LogP contribution < -0.4 is 11.1 Å². The van der Waals surface area contributed by atoms with E-state index in [0.29, 0.717) is 6.42 Å². The van der Waals surface area contributed by atoms with Crippen LogP contribution in [0.3, 0.4) is 0 Å². The SMILES string of the molecule is CCCCCCCCC=CCCCCCCCC(=O)NC(CC)C(CCCCCCC=CCCCCCCCC)C(N)=O. The molecular weight excluding hydrogens is 528 g/mol. The van der Waals surface area contributed by atoms with Crippen molar-refractivity contribution in [2.45, 2.75) is 207 Å². The summed E-state index contributed by atoms with van der Waals surface area (Å²) in [5.41, 5.74) is 5.77. The molecule has 43 heavy (non-hydrogen) atoms. The second-order valence-electron chi connectivity index (χ2n) is 12.9. The molecule has 0 spiro atoms. The van der Waals surface area contributed by atoms with E-state index in [1.807, 2.05) is 6.92 Å². The Morgan fingerprint density at radius 3 is 1.30 bits per heavy atom. The number of allylic oxidation sites excluding steroid dienone is 4. The van der Waals surface area contributed by atoms with Crippen LogP contribution in [0.15, 0.2) is 24.3 Å². The lowest BCUT2D eigenvalue weighted by atomic mass is 9.90. The lowest BCUT2D eigenvalue weighted by Crippen LogP contribution is -2.45. The maximum absolute atomic E-state index is 12.6. The quantitative estimate of drug-likeness (QED) is 0.0579. The first-order valence-corrected chi connectivity index (χ1v) is 18.9. The summed E-state index contributed by atoms with van der Waals surface area (Å²) in [4.78, 5) is 24.8. The Kier molecular flexibility index (Phi) is 32.1. The summed E-state index contributed by atoms with van der Waals surface area (Å²) < 4.78 is 0. The first-order chi connectivity index (χ1) is 21.1. The summed E-state index contributed by atoms with van der Waals surface area (Å²) in [5, 5.41) is 3.14. The minimum absolute atomic E-state index is 0.0727. The zero-order chi connectivity index (χ0) is 31.6. The molecule has 0 aromatic heterocycles. The van der Waals surface area contributed by atoms with Crippen molar-refractivity contribution in [3.63, 3.8) is 0 Å². The van der Waals surface area contributed by atoms with Crippen LogP contribution in [0.25, 0.3) is 0 Å². The third-order valence-electron chi connectivity index (χ3n) is 8.83. The summed E-state index contributed by atoms with van der Waals surface area (Å²) >= 11 is 0. The zero-order valence-corrected chi connectivity index (χ0v) is 29.2. The van der Waals surface area contributed by atoms with Gasteiger partial charge in [-0.05, 0) is 70.6 Å². The van der Waals surface area contributed by atoms with Crippen molar-refractivity contribution in [1.29, 1.82) is 0 Å². The van der Waals surface area contributed by atoms with Crippen molar-refractivity contribution in [1.82, 2.24) is 5.32 Å². The topological polar surface area (TPSA) is 72.2 Å². The van der Waals surface area contributed by atoms with Gasteiger partial charge in [-0.2, -0.15) is 0 Å². The molecule has 0 aromatic rings. The molecule has 0 aliphatic heterocycles. The molecule has 0 saturated heterocycles. The zero-order valence-electron chi connectivity index (χ0n) is 29.2. The molecular formula is C39H74N2O2. The number of carbonyl (C=O) groups excluding carboxylic acids is 2. The highest BCUT2D eigenvalue weighted by Gasteiger charge is 2.26. The predicted octanol–water partition coefficient (Wildman–Crippen LogP) is 11.7. The molecule has 0 aliphatic carbocycles. The fourth-order valence-corrected chi connectivity index (χ4v) is 5.92. The van der Waals surface area contributed by atoms with Crippen molar-refractivity contribution in [3.05, 3.63) is 24.3 Å². The van der Waals surface area contributed by atoms with Crippen LogP contribution in [0.5, 0.6) is 0 Å². The monoisotopic (exact) mass is 603 g/mol. The van der Waals surface area contributed by atoms with Gasteiger partial charge in [0.1, 0.15) is 0 Å². The number of primary amides is 1. The largest absolute Gasteiger partial charge is 0.369 e. The van der Waals surface area contributed by atoms with Gasteiger partial charge in [0.05, 0.1) is 5.92 Å². The summed E-state index contributed by atoms with van der Waals surface area (Å²) in [5.74, 6) is -0.463. The van der Waals surface area contributed by atoms with Crippen LogP contribution in [0, 0.1) is 5.92 Å². The van der Waals surface area contributed by atoms with E-state index in [0.717, 1.165) is 44.9 Å². The van der Waals surface area contributed by atoms with Gasteiger partial charge in [0.25, 0.3) is 0 Å². The average Bonchev–Trinajstić information content (AvgIpc) is 3.00. The van der Waals surface area contributed by atoms with Crippen molar-refractivity contribution < 1.29 is 9.59 Å². The number of carbonyl (C=O) groups is 2. The molecule has 2 atom stereocenters. The van der Waals surface area contributed by atoms with Gasteiger partial charge in [-0.3, -0.25) is 9.59 Å². The highest BCUT2D eigenvalue weighted by atomic mass is 16.2. The predicted molar refractivity (Wildman–Crippen MR) is 189 cm³/mol. The van der Waals surface area contributed by atoms with Gasteiger partial charge in [0, 0.05) is 12.5 Å². The molecule has 2 amide bonds. The molecule has 4 heteroatoms. The third-order valence-corrected chi connectivity index (χ3v) is 8.83. The molecule has 0 radical (unpaired) electrons. The Morgan fingerprint density at radius 2 is 0.907 bits per heavy atom. The maximum atomic E-state index is 12.6. The molecule has 0 saturated carbocycles. The number of unbranched alkanes of at least 4 members (excludes halogenated alkanes) is 21. The summed E-state index contributed by atoms with van der Waals surface area (Å²) in [7, 11) is 0. The van der Waals surface area contributed by atoms with Gasteiger partial charge in [-0.15, -0.1) is 0 Å². The molecule has 252 valence electrons. The third kappa shape index (κ3) is 28.9. The van der Waals surface area contributed by atoms with E-state index in [-0.39, 0.29) is 23.8 Å². The smallest absolute Gasteiger partial charge is 0.222 e. The number of nitrogens with two attached hydrogens (primary N) is 1. The first-order valence-electron chi connectivity index (χ1n) is 18.9. The molecule has 4 nitrogen and oxygen atoms in total. The van der Waals surface area contributed by atoms with Crippen LogP contribution in [-0.4, -0.2) is 17.9 Å². The van der Waals surface area contributed by atoms with Crippen LogP contribution >= 0.6 is 0 Å². The van der Waals surface area contributed by atoms with E-state index in [2.05, 4.69) is 43.5 Å². The van der Waals surface area contributed by atoms with Crippen molar-refractivity contribution in [2.75, 3.05) is 0 Å². The maximum Gasteiger partial charge on any atom is 0.222 e. The fraction of sp³-hybridized carbons (Fsp3) is 0.846. The fourth-order valence-electron chi connectivity index (χ4n) is 5.92. The van der Waals surface area contributed by atoms with E-state index in [1.165, 1.54) is 128 Å². The minimum Gasteiger partial charge on any atom is -0.369 e. The number of rotatable bonds is 33. The van der Waals surface area contributed by atoms with Crippen LogP contribution in [0.1, 0.15) is 201 Å². The van der Waals surface area contributed by atoms with Crippen LogP contribution in [0.2, 0.25) is 0 Å². The lowest BCUT2D eigenvalue weighted by Gasteiger charge is -2.25. The Bertz CT molecular complexity index is 672. The van der Waals surface area contributed by atoms with Gasteiger partial charge in [-0.25, -0.2) is 0 Å². The first kappa shape index (κ1) is 41.4. The Labute approximate surface area is 268 Å². The summed E-state index contributed by atoms with van der Waals surface area (Å²) in [6, 6.07) is -0.141. The molecule has 0 fully saturated rings. The number of hydrogen-bond acceptors (Lipinski definition) is 2. The van der Waals surface area contributed by atoms with E-state index in [4.69, 9.17) is 5.73 Å². The van der Waals surface area contributed by atoms with Crippen LogP contribution in [-0.2, 0) is 9.59 Å². The van der Waals surface area contributed by atoms with Gasteiger partial charge < -0.3 is 11.1 Å². The average molecular weight is 603 g/mol. The number of amides is 2. The second kappa shape index (κ2) is 33.3. The van der Waals surface area contributed by atoms with E-state index in [1.54, 1.807) is 0 Å². The van der Waals surface area contributed by atoms with Gasteiger partial charge in [0.15, 0.2) is 0 Å². The molecule has 2 unspecified atom stereocenters. The highest BCUT2D eigenvalue weighted by molar-refractivity contribution is 5.80. The van der Waals surface area contributed by atoms with Gasteiger partial charge in [0.2, 0.25) is 11.8 Å². The summed E-state index contributed by atoms with van der Waals surface area (Å²) in [6.45, 7) is 6.58. The second-order valence-corrected chi connectivity index (χ2v) is 12.9. The van der Waals surface area contributed by atoms with Gasteiger partial charge >= 0.3 is 0 Å². The normalized spacial score (nSPS) is 13.2. The molecule has 0 heterocycles. The Hall–Kier alpha value is -1.58. The van der Waals surface area contributed by atoms with Crippen LogP contribution in [0.4, 0.5) is 0 Å². The number of nitrogens with one attached hydrogen (secondary N) is 1. The van der Waals surface area contributed by atoms with E-state index in [9.17, 15) is 9.59 Å². The highest BCUT2D eigenvalue weighted by Crippen LogP contribution is 2.18. The van der Waals surface area contributed by atoms with Crippen molar-refractivity contribution >= 4 is 11.8 Å². The van der Waals surface area contributed by atoms with E-state index >= 15 is 0 Å².